The summed E-state index contributed by atoms with van der Waals surface area (Å²) in [7, 11) is 1.45. The van der Waals surface area contributed by atoms with Crippen molar-refractivity contribution >= 4 is 17.6 Å². The molecule has 1 aliphatic heterocycles. The Morgan fingerprint density at radius 2 is 1.95 bits per heavy atom. The first kappa shape index (κ1) is 13.1. The van der Waals surface area contributed by atoms with Crippen molar-refractivity contribution in [1.29, 1.82) is 0 Å². The molecule has 0 saturated heterocycles. The minimum Gasteiger partial charge on any atom is -0.508 e. The third-order valence-electron chi connectivity index (χ3n) is 3.19. The highest BCUT2D eigenvalue weighted by molar-refractivity contribution is 6.26. The normalized spacial score (nSPS) is 14.9. The molecule has 0 aromatic heterocycles. The first-order chi connectivity index (χ1) is 10.1. The molecule has 0 unspecified atom stereocenters. The number of hydrogen-bond acceptors (Lipinski definition) is 5. The zero-order valence-corrected chi connectivity index (χ0v) is 11.2. The van der Waals surface area contributed by atoms with Crippen molar-refractivity contribution in [2.24, 2.45) is 0 Å². The van der Waals surface area contributed by atoms with Crippen LogP contribution in [0.5, 0.6) is 23.0 Å². The fourth-order valence-electron chi connectivity index (χ4n) is 2.17. The molecule has 0 radical (unpaired) electrons. The summed E-state index contributed by atoms with van der Waals surface area (Å²) in [5.41, 5.74) is 1.55. The van der Waals surface area contributed by atoms with Gasteiger partial charge in [0.1, 0.15) is 11.5 Å². The lowest BCUT2D eigenvalue weighted by Gasteiger charge is -2.04. The van der Waals surface area contributed by atoms with Crippen molar-refractivity contribution in [2.45, 2.75) is 0 Å². The number of rotatable bonds is 2. The van der Waals surface area contributed by atoms with Crippen molar-refractivity contribution in [1.82, 2.24) is 0 Å². The molecule has 1 heterocycles. The zero-order valence-electron chi connectivity index (χ0n) is 11.2. The van der Waals surface area contributed by atoms with Crippen LogP contribution < -0.4 is 9.47 Å². The molecule has 0 saturated carbocycles. The molecule has 0 spiro atoms. The largest absolute Gasteiger partial charge is 0.508 e. The number of methoxy groups -OCH3 is 1. The summed E-state index contributed by atoms with van der Waals surface area (Å²) in [6.45, 7) is 0. The van der Waals surface area contributed by atoms with Gasteiger partial charge in [0.15, 0.2) is 11.5 Å². The van der Waals surface area contributed by atoms with Crippen LogP contribution in [0.1, 0.15) is 11.1 Å². The number of carbonyl (C=O) groups excluding carboxylic acids is 1. The van der Waals surface area contributed by atoms with Gasteiger partial charge in [0.25, 0.3) is 0 Å². The number of esters is 1. The average molecular weight is 284 g/mol. The van der Waals surface area contributed by atoms with Crippen LogP contribution in [0.2, 0.25) is 0 Å². The fraction of sp³-hybridized carbons (Fsp3) is 0.0625. The van der Waals surface area contributed by atoms with E-state index >= 15 is 0 Å². The first-order valence-corrected chi connectivity index (χ1v) is 6.23. The number of aromatic hydroxyl groups is 2. The Labute approximate surface area is 120 Å². The van der Waals surface area contributed by atoms with Crippen LogP contribution in [0, 0.1) is 0 Å². The molecule has 21 heavy (non-hydrogen) atoms. The molecule has 0 aliphatic carbocycles. The smallest absolute Gasteiger partial charge is 0.344 e. The summed E-state index contributed by atoms with van der Waals surface area (Å²) in [5.74, 6) is 0.317. The molecule has 2 aromatic rings. The molecule has 3 rings (SSSR count). The second kappa shape index (κ2) is 4.86. The molecular weight excluding hydrogens is 272 g/mol. The van der Waals surface area contributed by atoms with Gasteiger partial charge >= 0.3 is 5.97 Å². The number of fused-ring (bicyclic) bond motifs is 1. The molecule has 0 amide bonds. The van der Waals surface area contributed by atoms with Gasteiger partial charge in [-0.3, -0.25) is 0 Å². The molecule has 1 aliphatic rings. The predicted octanol–water partition coefficient (Wildman–Crippen LogP) is 2.57. The lowest BCUT2D eigenvalue weighted by molar-refractivity contribution is -0.126. The Morgan fingerprint density at radius 1 is 1.14 bits per heavy atom. The quantitative estimate of drug-likeness (QED) is 0.503. The number of phenolic OH excluding ortho intramolecular Hbond substituents is 2. The van der Waals surface area contributed by atoms with E-state index in [2.05, 4.69) is 0 Å². The Bertz CT molecular complexity index is 761. The maximum Gasteiger partial charge on any atom is 0.344 e. The molecule has 2 aromatic carbocycles. The number of ether oxygens (including phenoxy) is 2. The maximum absolute atomic E-state index is 11.9. The zero-order chi connectivity index (χ0) is 15.0. The van der Waals surface area contributed by atoms with Crippen LogP contribution in [0.4, 0.5) is 0 Å². The summed E-state index contributed by atoms with van der Waals surface area (Å²) in [5, 5.41) is 19.1. The third-order valence-corrected chi connectivity index (χ3v) is 3.19. The van der Waals surface area contributed by atoms with Gasteiger partial charge < -0.3 is 19.7 Å². The maximum atomic E-state index is 11.9. The first-order valence-electron chi connectivity index (χ1n) is 6.23. The number of benzene rings is 2. The van der Waals surface area contributed by atoms with E-state index in [1.165, 1.54) is 25.3 Å². The third kappa shape index (κ3) is 2.29. The van der Waals surface area contributed by atoms with Gasteiger partial charge in [0.05, 0.1) is 12.7 Å². The van der Waals surface area contributed by atoms with Crippen molar-refractivity contribution in [3.8, 4) is 23.0 Å². The van der Waals surface area contributed by atoms with Crippen molar-refractivity contribution in [2.75, 3.05) is 7.11 Å². The Balaban J connectivity index is 2.08. The van der Waals surface area contributed by atoms with Crippen molar-refractivity contribution < 1.29 is 24.5 Å². The van der Waals surface area contributed by atoms with Crippen molar-refractivity contribution in [3.63, 3.8) is 0 Å². The highest BCUT2D eigenvalue weighted by atomic mass is 16.5. The molecule has 0 bridgehead atoms. The van der Waals surface area contributed by atoms with E-state index in [0.29, 0.717) is 28.2 Å². The van der Waals surface area contributed by atoms with E-state index in [9.17, 15) is 15.0 Å². The lowest BCUT2D eigenvalue weighted by Crippen LogP contribution is -2.00. The van der Waals surface area contributed by atoms with Gasteiger partial charge in [-0.1, -0.05) is 6.07 Å². The van der Waals surface area contributed by atoms with E-state index in [1.807, 2.05) is 0 Å². The second-order valence-corrected chi connectivity index (χ2v) is 4.56. The van der Waals surface area contributed by atoms with E-state index in [-0.39, 0.29) is 11.5 Å². The standard InChI is InChI=1S/C16H12O5/c1-20-15-7-9(2-4-13(15)18)6-12-11-8-10(17)3-5-14(11)21-16(12)19/h2-8,17-18H,1H3/b12-6-. The molecule has 0 atom stereocenters. The van der Waals surface area contributed by atoms with Crippen LogP contribution >= 0.6 is 0 Å². The molecule has 5 heteroatoms. The van der Waals surface area contributed by atoms with Gasteiger partial charge in [-0.05, 0) is 42.0 Å². The SMILES string of the molecule is COc1cc(/C=C2\C(=O)Oc3ccc(O)cc32)ccc1O. The minimum atomic E-state index is -0.484. The molecule has 2 N–H and O–H groups in total. The van der Waals surface area contributed by atoms with E-state index < -0.39 is 5.97 Å². The van der Waals surface area contributed by atoms with E-state index in [0.717, 1.165) is 0 Å². The Kier molecular flexibility index (Phi) is 3.02. The van der Waals surface area contributed by atoms with Crippen LogP contribution in [-0.2, 0) is 4.79 Å². The van der Waals surface area contributed by atoms with Crippen LogP contribution in [0.25, 0.3) is 11.6 Å². The summed E-state index contributed by atoms with van der Waals surface area (Å²) < 4.78 is 10.2. The van der Waals surface area contributed by atoms with Crippen LogP contribution in [0.15, 0.2) is 36.4 Å². The minimum absolute atomic E-state index is 0.0201. The van der Waals surface area contributed by atoms with Crippen LogP contribution in [0.3, 0.4) is 0 Å². The lowest BCUT2D eigenvalue weighted by atomic mass is 10.0. The van der Waals surface area contributed by atoms with Gasteiger partial charge in [-0.15, -0.1) is 0 Å². The van der Waals surface area contributed by atoms with Gasteiger partial charge in [-0.2, -0.15) is 0 Å². The molecular formula is C16H12O5. The van der Waals surface area contributed by atoms with Gasteiger partial charge in [0, 0.05) is 5.56 Å². The number of carbonyl (C=O) groups is 1. The summed E-state index contributed by atoms with van der Waals surface area (Å²) >= 11 is 0. The molecule has 5 nitrogen and oxygen atoms in total. The Hall–Kier alpha value is -2.95. The van der Waals surface area contributed by atoms with Gasteiger partial charge in [-0.25, -0.2) is 4.79 Å². The molecule has 106 valence electrons. The topological polar surface area (TPSA) is 76.0 Å². The predicted molar refractivity (Wildman–Crippen MR) is 76.3 cm³/mol. The highest BCUT2D eigenvalue weighted by Crippen LogP contribution is 2.38. The summed E-state index contributed by atoms with van der Waals surface area (Å²) in [4.78, 5) is 11.9. The van der Waals surface area contributed by atoms with Gasteiger partial charge in [0.2, 0.25) is 0 Å². The average Bonchev–Trinajstić information content (AvgIpc) is 2.77. The Morgan fingerprint density at radius 3 is 2.71 bits per heavy atom. The van der Waals surface area contributed by atoms with Crippen molar-refractivity contribution in [3.05, 3.63) is 47.5 Å². The van der Waals surface area contributed by atoms with Crippen LogP contribution in [-0.4, -0.2) is 23.3 Å². The number of phenols is 2. The monoisotopic (exact) mass is 284 g/mol. The van der Waals surface area contributed by atoms with E-state index in [1.54, 1.807) is 24.3 Å². The second-order valence-electron chi connectivity index (χ2n) is 4.56. The summed E-state index contributed by atoms with van der Waals surface area (Å²) in [6, 6.07) is 9.22. The number of hydrogen-bond donors (Lipinski definition) is 2. The highest BCUT2D eigenvalue weighted by Gasteiger charge is 2.27. The molecule has 0 fully saturated rings. The summed E-state index contributed by atoms with van der Waals surface area (Å²) in [6.07, 6.45) is 1.62. The van der Waals surface area contributed by atoms with E-state index in [4.69, 9.17) is 9.47 Å². The fourth-order valence-corrected chi connectivity index (χ4v) is 2.17.